The van der Waals surface area contributed by atoms with Crippen molar-refractivity contribution in [2.75, 3.05) is 18.4 Å². The smallest absolute Gasteiger partial charge is 0.368 e. The summed E-state index contributed by atoms with van der Waals surface area (Å²) in [4.78, 5) is 20.5. The predicted molar refractivity (Wildman–Crippen MR) is 117 cm³/mol. The quantitative estimate of drug-likeness (QED) is 0.550. The van der Waals surface area contributed by atoms with E-state index in [-0.39, 0.29) is 34.9 Å². The van der Waals surface area contributed by atoms with Gasteiger partial charge in [0.25, 0.3) is 5.91 Å². The zero-order valence-electron chi connectivity index (χ0n) is 18.7. The second-order valence-corrected chi connectivity index (χ2v) is 8.43. The molecule has 1 saturated heterocycles. The number of pyridine rings is 1. The summed E-state index contributed by atoms with van der Waals surface area (Å²) in [6.07, 6.45) is 0.906. The Morgan fingerprint density at radius 2 is 1.94 bits per heavy atom. The number of alkyl halides is 3. The summed E-state index contributed by atoms with van der Waals surface area (Å²) in [5.74, 6) is -0.332. The number of aromatic nitrogens is 4. The lowest BCUT2D eigenvalue weighted by molar-refractivity contribution is -0.137. The van der Waals surface area contributed by atoms with Crippen LogP contribution in [0.25, 0.3) is 5.69 Å². The van der Waals surface area contributed by atoms with Crippen molar-refractivity contribution >= 4 is 11.7 Å². The van der Waals surface area contributed by atoms with Crippen molar-refractivity contribution in [3.05, 3.63) is 65.4 Å². The maximum absolute atomic E-state index is 14.3. The molecule has 34 heavy (non-hydrogen) atoms. The summed E-state index contributed by atoms with van der Waals surface area (Å²) < 4.78 is 52.7. The van der Waals surface area contributed by atoms with Gasteiger partial charge in [0.05, 0.1) is 29.6 Å². The largest absolute Gasteiger partial charge is 0.417 e. The van der Waals surface area contributed by atoms with Crippen LogP contribution in [0.4, 0.5) is 23.4 Å². The van der Waals surface area contributed by atoms with E-state index in [1.807, 2.05) is 6.92 Å². The number of piperidine rings is 1. The van der Waals surface area contributed by atoms with Crippen molar-refractivity contribution in [3.8, 4) is 5.69 Å². The lowest BCUT2D eigenvalue weighted by Crippen LogP contribution is -2.51. The molecule has 7 nitrogen and oxygen atoms in total. The fraction of sp³-hybridized carbons (Fsp3) is 0.391. The lowest BCUT2D eigenvalue weighted by atomic mass is 9.89. The van der Waals surface area contributed by atoms with Gasteiger partial charge in [-0.15, -0.1) is 0 Å². The van der Waals surface area contributed by atoms with E-state index in [4.69, 9.17) is 0 Å². The molecule has 11 heteroatoms. The minimum atomic E-state index is -4.46. The van der Waals surface area contributed by atoms with Crippen LogP contribution in [0.3, 0.4) is 0 Å². The zero-order chi connectivity index (χ0) is 24.5. The van der Waals surface area contributed by atoms with Crippen molar-refractivity contribution in [1.82, 2.24) is 24.9 Å². The third kappa shape index (κ3) is 4.87. The van der Waals surface area contributed by atoms with Crippen molar-refractivity contribution in [2.45, 2.75) is 38.9 Å². The minimum Gasteiger partial charge on any atom is -0.368 e. The number of amides is 1. The Kier molecular flexibility index (Phi) is 6.54. The van der Waals surface area contributed by atoms with E-state index in [2.05, 4.69) is 20.5 Å². The molecule has 0 radical (unpaired) electrons. The fourth-order valence-corrected chi connectivity index (χ4v) is 4.19. The molecule has 4 rings (SSSR count). The molecule has 0 saturated carbocycles. The first-order valence-electron chi connectivity index (χ1n) is 10.9. The Morgan fingerprint density at radius 1 is 1.21 bits per heavy atom. The molecule has 3 heterocycles. The van der Waals surface area contributed by atoms with Crippen molar-refractivity contribution in [3.63, 3.8) is 0 Å². The molecule has 3 aromatic rings. The number of hydrogen-bond acceptors (Lipinski definition) is 5. The highest BCUT2D eigenvalue weighted by atomic mass is 19.4. The normalized spacial score (nSPS) is 18.7. The number of aryl methyl sites for hydroxylation is 1. The van der Waals surface area contributed by atoms with Crippen LogP contribution in [0.15, 0.2) is 42.9 Å². The first kappa shape index (κ1) is 23.7. The number of rotatable bonds is 5. The van der Waals surface area contributed by atoms with E-state index in [0.29, 0.717) is 18.7 Å². The van der Waals surface area contributed by atoms with Crippen molar-refractivity contribution in [2.24, 2.45) is 5.92 Å². The number of carbonyl (C=O) groups excluding carboxylic acids is 1. The Labute approximate surface area is 193 Å². The zero-order valence-corrected chi connectivity index (χ0v) is 18.7. The first-order valence-corrected chi connectivity index (χ1v) is 10.9. The highest BCUT2D eigenvalue weighted by molar-refractivity contribution is 5.98. The summed E-state index contributed by atoms with van der Waals surface area (Å²) >= 11 is 0. The van der Waals surface area contributed by atoms with Gasteiger partial charge in [-0.2, -0.15) is 28.2 Å². The monoisotopic (exact) mass is 476 g/mol. The third-order valence-electron chi connectivity index (χ3n) is 6.10. The summed E-state index contributed by atoms with van der Waals surface area (Å²) in [5, 5.41) is 11.2. The number of halogens is 4. The van der Waals surface area contributed by atoms with Gasteiger partial charge in [-0.1, -0.05) is 6.92 Å². The average Bonchev–Trinajstić information content (AvgIpc) is 3.34. The molecule has 1 aromatic carbocycles. The number of nitrogens with one attached hydrogen (secondary N) is 1. The van der Waals surface area contributed by atoms with Crippen LogP contribution >= 0.6 is 0 Å². The number of hydrogen-bond donors (Lipinski definition) is 1. The van der Waals surface area contributed by atoms with Gasteiger partial charge in [0, 0.05) is 25.4 Å². The van der Waals surface area contributed by atoms with Gasteiger partial charge < -0.3 is 10.2 Å². The second kappa shape index (κ2) is 9.40. The molecule has 1 fully saturated rings. The Hall–Kier alpha value is -3.50. The first-order chi connectivity index (χ1) is 16.1. The van der Waals surface area contributed by atoms with Crippen LogP contribution in [0.1, 0.15) is 41.3 Å². The van der Waals surface area contributed by atoms with Gasteiger partial charge >= 0.3 is 6.18 Å². The third-order valence-corrected chi connectivity index (χ3v) is 6.10. The van der Waals surface area contributed by atoms with E-state index in [1.54, 1.807) is 11.8 Å². The van der Waals surface area contributed by atoms with Crippen LogP contribution in [0.5, 0.6) is 0 Å². The Morgan fingerprint density at radius 3 is 2.59 bits per heavy atom. The van der Waals surface area contributed by atoms with Crippen molar-refractivity contribution < 1.29 is 22.4 Å². The molecular formula is C23H24F4N6O. The number of likely N-dealkylation sites (tertiary alicyclic amines) is 1. The maximum atomic E-state index is 14.3. The van der Waals surface area contributed by atoms with E-state index < -0.39 is 17.6 Å². The van der Waals surface area contributed by atoms with Crippen LogP contribution in [-0.2, 0) is 6.18 Å². The molecular weight excluding hydrogens is 452 g/mol. The molecule has 1 aliphatic heterocycles. The molecule has 2 aromatic heterocycles. The van der Waals surface area contributed by atoms with Gasteiger partial charge in [-0.3, -0.25) is 4.79 Å². The Balaban J connectivity index is 1.58. The molecule has 0 bridgehead atoms. The molecule has 0 spiro atoms. The molecule has 0 aliphatic carbocycles. The summed E-state index contributed by atoms with van der Waals surface area (Å²) in [6, 6.07) is 4.74. The molecule has 2 atom stereocenters. The summed E-state index contributed by atoms with van der Waals surface area (Å²) in [6.45, 7) is 4.41. The summed E-state index contributed by atoms with van der Waals surface area (Å²) in [7, 11) is 0. The fourth-order valence-electron chi connectivity index (χ4n) is 4.19. The maximum Gasteiger partial charge on any atom is 0.417 e. The van der Waals surface area contributed by atoms with E-state index in [9.17, 15) is 22.4 Å². The minimum absolute atomic E-state index is 0.132. The molecule has 1 aliphatic rings. The highest BCUT2D eigenvalue weighted by Gasteiger charge is 2.34. The van der Waals surface area contributed by atoms with Gasteiger partial charge in [0.2, 0.25) is 0 Å². The van der Waals surface area contributed by atoms with E-state index in [1.165, 1.54) is 35.4 Å². The number of nitrogens with zero attached hydrogens (tertiary/aromatic N) is 5. The summed E-state index contributed by atoms with van der Waals surface area (Å²) in [5.41, 5.74) is 0.0227. The molecule has 1 amide bonds. The second-order valence-electron chi connectivity index (χ2n) is 8.43. The molecule has 1 N–H and O–H groups in total. The SMILES string of the molecule is Cc1cc(C(=O)N2CCC[C@@H](C)[C@H]2CNc2ccc(C(F)(F)F)cn2)c(-n2nccn2)cc1F. The Bertz CT molecular complexity index is 1150. The highest BCUT2D eigenvalue weighted by Crippen LogP contribution is 2.30. The van der Waals surface area contributed by atoms with Gasteiger partial charge in [-0.05, 0) is 49.4 Å². The number of carbonyl (C=O) groups is 1. The van der Waals surface area contributed by atoms with Crippen LogP contribution in [0, 0.1) is 18.7 Å². The van der Waals surface area contributed by atoms with Crippen LogP contribution in [0.2, 0.25) is 0 Å². The number of anilines is 1. The van der Waals surface area contributed by atoms with Crippen molar-refractivity contribution in [1.29, 1.82) is 0 Å². The van der Waals surface area contributed by atoms with Crippen LogP contribution in [-0.4, -0.2) is 49.9 Å². The topological polar surface area (TPSA) is 75.9 Å². The average molecular weight is 476 g/mol. The van der Waals surface area contributed by atoms with Gasteiger partial charge in [0.15, 0.2) is 0 Å². The number of benzene rings is 1. The predicted octanol–water partition coefficient (Wildman–Crippen LogP) is 4.48. The molecule has 0 unspecified atom stereocenters. The van der Waals surface area contributed by atoms with E-state index >= 15 is 0 Å². The standard InChI is InChI=1S/C23H24F4N6O/c1-14-4-3-9-32(20(14)13-29-21-6-5-16(12-28-21)23(25,26)27)22(34)17-10-15(2)18(24)11-19(17)33-30-7-8-31-33/h5-8,10-12,14,20H,3-4,9,13H2,1-2H3,(H,28,29)/t14-,20-/m1/s1. The van der Waals surface area contributed by atoms with Gasteiger partial charge in [0.1, 0.15) is 17.3 Å². The van der Waals surface area contributed by atoms with Crippen LogP contribution < -0.4 is 5.32 Å². The molecule has 180 valence electrons. The lowest BCUT2D eigenvalue weighted by Gasteiger charge is -2.40. The van der Waals surface area contributed by atoms with E-state index in [0.717, 1.165) is 25.1 Å². The van der Waals surface area contributed by atoms with Gasteiger partial charge in [-0.25, -0.2) is 9.37 Å².